The summed E-state index contributed by atoms with van der Waals surface area (Å²) in [4.78, 5) is 25.1. The van der Waals surface area contributed by atoms with E-state index in [-0.39, 0.29) is 25.6 Å². The highest BCUT2D eigenvalue weighted by Gasteiger charge is 2.23. The van der Waals surface area contributed by atoms with Gasteiger partial charge in [-0.25, -0.2) is 0 Å². The van der Waals surface area contributed by atoms with Crippen LogP contribution in [0.25, 0.3) is 5.69 Å². The van der Waals surface area contributed by atoms with Gasteiger partial charge >= 0.3 is 5.97 Å². The number of aromatic nitrogens is 1. The van der Waals surface area contributed by atoms with Crippen molar-refractivity contribution in [2.75, 3.05) is 26.8 Å². The third kappa shape index (κ3) is 3.83. The van der Waals surface area contributed by atoms with Crippen molar-refractivity contribution in [2.45, 2.75) is 13.8 Å². The summed E-state index contributed by atoms with van der Waals surface area (Å²) in [5.74, 6) is -1.35. The van der Waals surface area contributed by atoms with Crippen molar-refractivity contribution in [2.24, 2.45) is 0 Å². The second kappa shape index (κ2) is 7.79. The molecule has 0 aliphatic carbocycles. The summed E-state index contributed by atoms with van der Waals surface area (Å²) < 4.78 is 6.96. The van der Waals surface area contributed by atoms with Crippen LogP contribution in [0.4, 0.5) is 0 Å². The van der Waals surface area contributed by atoms with Crippen molar-refractivity contribution < 1.29 is 19.4 Å². The first-order chi connectivity index (χ1) is 11.5. The molecule has 0 spiro atoms. The Morgan fingerprint density at radius 2 is 1.88 bits per heavy atom. The number of amides is 1. The second-order valence-electron chi connectivity index (χ2n) is 5.57. The Balaban J connectivity index is 2.37. The van der Waals surface area contributed by atoms with Crippen LogP contribution in [0.1, 0.15) is 21.7 Å². The molecule has 6 heteroatoms. The molecule has 2 aromatic rings. The number of para-hydroxylation sites is 1. The molecule has 128 valence electrons. The van der Waals surface area contributed by atoms with Crippen molar-refractivity contribution in [1.82, 2.24) is 9.47 Å². The maximum absolute atomic E-state index is 12.8. The van der Waals surface area contributed by atoms with E-state index in [1.807, 2.05) is 48.7 Å². The quantitative estimate of drug-likeness (QED) is 0.845. The second-order valence-corrected chi connectivity index (χ2v) is 5.57. The van der Waals surface area contributed by atoms with E-state index in [0.717, 1.165) is 17.1 Å². The molecule has 0 saturated heterocycles. The lowest BCUT2D eigenvalue weighted by molar-refractivity contribution is -0.137. The Morgan fingerprint density at radius 1 is 1.21 bits per heavy atom. The number of hydrogen-bond donors (Lipinski definition) is 1. The van der Waals surface area contributed by atoms with Gasteiger partial charge in [-0.05, 0) is 32.0 Å². The molecule has 0 saturated carbocycles. The van der Waals surface area contributed by atoms with E-state index in [2.05, 4.69) is 0 Å². The molecule has 0 radical (unpaired) electrons. The normalized spacial score (nSPS) is 10.6. The van der Waals surface area contributed by atoms with Gasteiger partial charge in [-0.3, -0.25) is 9.59 Å². The molecule has 24 heavy (non-hydrogen) atoms. The van der Waals surface area contributed by atoms with Crippen LogP contribution in [0.3, 0.4) is 0 Å². The Labute approximate surface area is 141 Å². The van der Waals surface area contributed by atoms with Gasteiger partial charge in [-0.2, -0.15) is 0 Å². The number of hydrogen-bond acceptors (Lipinski definition) is 3. The fraction of sp³-hybridized carbons (Fsp3) is 0.333. The predicted octanol–water partition coefficient (Wildman–Crippen LogP) is 2.27. The highest BCUT2D eigenvalue weighted by atomic mass is 16.5. The maximum atomic E-state index is 12.8. The molecule has 1 aromatic carbocycles. The Bertz CT molecular complexity index is 722. The molecule has 2 rings (SSSR count). The summed E-state index contributed by atoms with van der Waals surface area (Å²) in [5.41, 5.74) is 3.18. The van der Waals surface area contributed by atoms with Gasteiger partial charge < -0.3 is 19.3 Å². The van der Waals surface area contributed by atoms with Crippen LogP contribution >= 0.6 is 0 Å². The van der Waals surface area contributed by atoms with E-state index >= 15 is 0 Å². The zero-order chi connectivity index (χ0) is 17.7. The highest BCUT2D eigenvalue weighted by Crippen LogP contribution is 2.22. The smallest absolute Gasteiger partial charge is 0.323 e. The van der Waals surface area contributed by atoms with Crippen LogP contribution in [0.15, 0.2) is 36.4 Å². The molecular formula is C18H22N2O4. The lowest BCUT2D eigenvalue weighted by Gasteiger charge is -2.20. The number of carbonyl (C=O) groups is 2. The summed E-state index contributed by atoms with van der Waals surface area (Å²) in [6, 6.07) is 11.5. The molecular weight excluding hydrogens is 308 g/mol. The van der Waals surface area contributed by atoms with Crippen LogP contribution in [0, 0.1) is 13.8 Å². The summed E-state index contributed by atoms with van der Waals surface area (Å²) in [6.07, 6.45) is 0. The third-order valence-corrected chi connectivity index (χ3v) is 3.85. The average Bonchev–Trinajstić information content (AvgIpc) is 2.86. The van der Waals surface area contributed by atoms with Crippen LogP contribution in [-0.4, -0.2) is 53.3 Å². The van der Waals surface area contributed by atoms with Gasteiger partial charge in [0.05, 0.1) is 12.2 Å². The van der Waals surface area contributed by atoms with Crippen molar-refractivity contribution in [3.05, 3.63) is 53.3 Å². The summed E-state index contributed by atoms with van der Waals surface area (Å²) in [7, 11) is 1.52. The van der Waals surface area contributed by atoms with Crippen LogP contribution in [0.5, 0.6) is 0 Å². The minimum Gasteiger partial charge on any atom is -0.480 e. The van der Waals surface area contributed by atoms with Gasteiger partial charge in [-0.15, -0.1) is 0 Å². The number of carboxylic acid groups (broad SMARTS) is 1. The molecule has 1 N–H and O–H groups in total. The zero-order valence-corrected chi connectivity index (χ0v) is 14.2. The fourth-order valence-corrected chi connectivity index (χ4v) is 2.74. The minimum absolute atomic E-state index is 0.233. The first-order valence-corrected chi connectivity index (χ1v) is 7.70. The average molecular weight is 330 g/mol. The van der Waals surface area contributed by atoms with Crippen molar-refractivity contribution >= 4 is 11.9 Å². The van der Waals surface area contributed by atoms with E-state index in [0.29, 0.717) is 5.56 Å². The lowest BCUT2D eigenvalue weighted by atomic mass is 10.2. The largest absolute Gasteiger partial charge is 0.480 e. The molecule has 1 aromatic heterocycles. The number of rotatable bonds is 7. The molecule has 6 nitrogen and oxygen atoms in total. The van der Waals surface area contributed by atoms with Crippen LogP contribution in [0.2, 0.25) is 0 Å². The van der Waals surface area contributed by atoms with E-state index in [4.69, 9.17) is 9.84 Å². The van der Waals surface area contributed by atoms with Crippen molar-refractivity contribution in [1.29, 1.82) is 0 Å². The SMILES string of the molecule is COCCN(CC(=O)O)C(=O)c1cc(C)n(-c2ccccc2)c1C. The van der Waals surface area contributed by atoms with Gasteiger partial charge in [-0.1, -0.05) is 18.2 Å². The van der Waals surface area contributed by atoms with Crippen molar-refractivity contribution in [3.63, 3.8) is 0 Å². The molecule has 0 aliphatic heterocycles. The Hall–Kier alpha value is -2.60. The highest BCUT2D eigenvalue weighted by molar-refractivity contribution is 5.97. The predicted molar refractivity (Wildman–Crippen MR) is 90.7 cm³/mol. The number of carboxylic acids is 1. The van der Waals surface area contributed by atoms with Crippen LogP contribution in [-0.2, 0) is 9.53 Å². The van der Waals surface area contributed by atoms with Crippen LogP contribution < -0.4 is 0 Å². The van der Waals surface area contributed by atoms with Gasteiger partial charge in [0.15, 0.2) is 0 Å². The Kier molecular flexibility index (Phi) is 5.76. The van der Waals surface area contributed by atoms with Gasteiger partial charge in [0.25, 0.3) is 5.91 Å². The number of ether oxygens (including phenoxy) is 1. The number of carbonyl (C=O) groups excluding carboxylic acids is 1. The first kappa shape index (κ1) is 17.7. The van der Waals surface area contributed by atoms with Crippen molar-refractivity contribution in [3.8, 4) is 5.69 Å². The zero-order valence-electron chi connectivity index (χ0n) is 14.2. The molecule has 1 heterocycles. The molecule has 1 amide bonds. The number of aliphatic carboxylic acids is 1. The number of nitrogens with zero attached hydrogens (tertiary/aromatic N) is 2. The number of methoxy groups -OCH3 is 1. The third-order valence-electron chi connectivity index (χ3n) is 3.85. The molecule has 0 unspecified atom stereocenters. The minimum atomic E-state index is -1.05. The molecule has 0 bridgehead atoms. The number of aryl methyl sites for hydroxylation is 1. The fourth-order valence-electron chi connectivity index (χ4n) is 2.74. The topological polar surface area (TPSA) is 71.8 Å². The number of benzene rings is 1. The van der Waals surface area contributed by atoms with Gasteiger partial charge in [0.1, 0.15) is 6.54 Å². The summed E-state index contributed by atoms with van der Waals surface area (Å²) in [6.45, 7) is 3.96. The van der Waals surface area contributed by atoms with E-state index in [9.17, 15) is 9.59 Å². The molecule has 0 aliphatic rings. The van der Waals surface area contributed by atoms with Gasteiger partial charge in [0, 0.05) is 30.7 Å². The molecule has 0 fully saturated rings. The molecule has 0 atom stereocenters. The van der Waals surface area contributed by atoms with Gasteiger partial charge in [0.2, 0.25) is 0 Å². The van der Waals surface area contributed by atoms with E-state index < -0.39 is 5.97 Å². The van der Waals surface area contributed by atoms with E-state index in [1.165, 1.54) is 12.0 Å². The maximum Gasteiger partial charge on any atom is 0.323 e. The monoisotopic (exact) mass is 330 g/mol. The lowest BCUT2D eigenvalue weighted by Crippen LogP contribution is -2.38. The summed E-state index contributed by atoms with van der Waals surface area (Å²) >= 11 is 0. The Morgan fingerprint density at radius 3 is 2.46 bits per heavy atom. The standard InChI is InChI=1S/C18H22N2O4/c1-13-11-16(14(2)20(13)15-7-5-4-6-8-15)18(23)19(9-10-24-3)12-17(21)22/h4-8,11H,9-10,12H2,1-3H3,(H,21,22). The summed E-state index contributed by atoms with van der Waals surface area (Å²) in [5, 5.41) is 9.05. The first-order valence-electron chi connectivity index (χ1n) is 7.70. The van der Waals surface area contributed by atoms with E-state index in [1.54, 1.807) is 6.07 Å².